The monoisotopic (exact) mass is 219 g/mol. The highest BCUT2D eigenvalue weighted by Crippen LogP contribution is 2.43. The molecule has 0 N–H and O–H groups in total. The molecule has 2 rings (SSSR count). The number of likely N-dealkylation sites (N-methyl/N-ethyl adjacent to an activating group) is 1. The summed E-state index contributed by atoms with van der Waals surface area (Å²) in [4.78, 5) is 2.39. The summed E-state index contributed by atoms with van der Waals surface area (Å²) in [6, 6.07) is 8.84. The number of para-hydroxylation sites is 1. The molecule has 0 saturated carbocycles. The van der Waals surface area contributed by atoms with Gasteiger partial charge in [0.25, 0.3) is 0 Å². The number of nitrogens with zero attached hydrogens (tertiary/aromatic N) is 1. The van der Waals surface area contributed by atoms with Crippen molar-refractivity contribution in [1.29, 1.82) is 0 Å². The minimum atomic E-state index is 0.408. The van der Waals surface area contributed by atoms with Crippen molar-refractivity contribution in [3.63, 3.8) is 0 Å². The zero-order chi connectivity index (χ0) is 12.2. The van der Waals surface area contributed by atoms with Crippen LogP contribution in [-0.4, -0.2) is 13.6 Å². The molecule has 0 spiro atoms. The largest absolute Gasteiger partial charge is 0.373 e. The maximum absolute atomic E-state index is 2.39. The molecule has 0 bridgehead atoms. The Hall–Kier alpha value is -0.980. The molecule has 1 heterocycles. The molecule has 1 heteroatoms. The zero-order valence-electron chi connectivity index (χ0n) is 11.4. The van der Waals surface area contributed by atoms with E-state index >= 15 is 0 Å². The van der Waals surface area contributed by atoms with Crippen LogP contribution in [0.25, 0.3) is 0 Å². The van der Waals surface area contributed by atoms with Gasteiger partial charge in [-0.2, -0.15) is 0 Å². The first-order valence-electron chi connectivity index (χ1n) is 6.54. The lowest BCUT2D eigenvalue weighted by Gasteiger charge is -2.27. The van der Waals surface area contributed by atoms with Gasteiger partial charge in [-0.3, -0.25) is 0 Å². The lowest BCUT2D eigenvalue weighted by molar-refractivity contribution is 0.425. The van der Waals surface area contributed by atoms with Crippen LogP contribution in [0.3, 0.4) is 0 Å². The number of hydrogen-bond acceptors (Lipinski definition) is 1. The molecule has 0 amide bonds. The van der Waals surface area contributed by atoms with Crippen molar-refractivity contribution in [1.82, 2.24) is 0 Å². The Balaban J connectivity index is 0.000000606. The summed E-state index contributed by atoms with van der Waals surface area (Å²) in [6.45, 7) is 9.79. The van der Waals surface area contributed by atoms with Gasteiger partial charge in [0.1, 0.15) is 0 Å². The van der Waals surface area contributed by atoms with Crippen molar-refractivity contribution < 1.29 is 0 Å². The van der Waals surface area contributed by atoms with Crippen LogP contribution in [0.5, 0.6) is 0 Å². The van der Waals surface area contributed by atoms with Gasteiger partial charge < -0.3 is 4.90 Å². The molecule has 16 heavy (non-hydrogen) atoms. The summed E-state index contributed by atoms with van der Waals surface area (Å²) in [5.41, 5.74) is 3.38. The second-order valence-electron chi connectivity index (χ2n) is 4.36. The van der Waals surface area contributed by atoms with Crippen molar-refractivity contribution in [3.05, 3.63) is 29.8 Å². The summed E-state index contributed by atoms with van der Waals surface area (Å²) in [7, 11) is 2.20. The van der Waals surface area contributed by atoms with E-state index in [1.807, 2.05) is 13.8 Å². The molecule has 0 saturated heterocycles. The third-order valence-electron chi connectivity index (χ3n) is 3.78. The number of anilines is 1. The fraction of sp³-hybridized carbons (Fsp3) is 0.600. The van der Waals surface area contributed by atoms with Gasteiger partial charge in [0.05, 0.1) is 0 Å². The molecule has 0 atom stereocenters. The quantitative estimate of drug-likeness (QED) is 0.720. The summed E-state index contributed by atoms with van der Waals surface area (Å²) >= 11 is 0. The van der Waals surface area contributed by atoms with E-state index in [0.717, 1.165) is 0 Å². The highest BCUT2D eigenvalue weighted by Gasteiger charge is 2.37. The van der Waals surface area contributed by atoms with Gasteiger partial charge in [0.2, 0.25) is 0 Å². The molecule has 0 aromatic heterocycles. The Bertz CT molecular complexity index is 326. The maximum atomic E-state index is 2.39. The molecule has 1 aliphatic heterocycles. The predicted molar refractivity (Wildman–Crippen MR) is 73.3 cm³/mol. The van der Waals surface area contributed by atoms with E-state index in [-0.39, 0.29) is 0 Å². The van der Waals surface area contributed by atoms with Gasteiger partial charge in [-0.1, -0.05) is 45.9 Å². The normalized spacial score (nSPS) is 16.4. The van der Waals surface area contributed by atoms with Gasteiger partial charge in [-0.15, -0.1) is 0 Å². The van der Waals surface area contributed by atoms with E-state index in [4.69, 9.17) is 0 Å². The van der Waals surface area contributed by atoms with Crippen LogP contribution in [0.15, 0.2) is 24.3 Å². The van der Waals surface area contributed by atoms with Crippen molar-refractivity contribution in [2.75, 3.05) is 18.5 Å². The molecule has 0 fully saturated rings. The summed E-state index contributed by atoms with van der Waals surface area (Å²) < 4.78 is 0. The fourth-order valence-corrected chi connectivity index (χ4v) is 2.73. The molecular formula is C15H25N. The third kappa shape index (κ3) is 1.95. The molecule has 0 unspecified atom stereocenters. The Labute approximate surface area is 100 Å². The van der Waals surface area contributed by atoms with Crippen LogP contribution in [0.2, 0.25) is 0 Å². The van der Waals surface area contributed by atoms with Gasteiger partial charge >= 0.3 is 0 Å². The van der Waals surface area contributed by atoms with Crippen LogP contribution < -0.4 is 4.90 Å². The zero-order valence-corrected chi connectivity index (χ0v) is 11.4. The van der Waals surface area contributed by atoms with Crippen LogP contribution >= 0.6 is 0 Å². The molecule has 1 aromatic carbocycles. The van der Waals surface area contributed by atoms with E-state index in [2.05, 4.69) is 50.1 Å². The third-order valence-corrected chi connectivity index (χ3v) is 3.78. The highest BCUT2D eigenvalue weighted by atomic mass is 15.1. The number of benzene rings is 1. The Morgan fingerprint density at radius 3 is 2.25 bits per heavy atom. The second-order valence-corrected chi connectivity index (χ2v) is 4.36. The second kappa shape index (κ2) is 5.38. The van der Waals surface area contributed by atoms with Crippen LogP contribution in [0.4, 0.5) is 5.69 Å². The minimum absolute atomic E-state index is 0.408. The summed E-state index contributed by atoms with van der Waals surface area (Å²) in [5, 5.41) is 0. The van der Waals surface area contributed by atoms with Crippen molar-refractivity contribution in [2.45, 2.75) is 46.0 Å². The van der Waals surface area contributed by atoms with E-state index in [1.54, 1.807) is 5.56 Å². The topological polar surface area (TPSA) is 3.24 Å². The van der Waals surface area contributed by atoms with Crippen molar-refractivity contribution >= 4 is 5.69 Å². The van der Waals surface area contributed by atoms with Crippen LogP contribution in [-0.2, 0) is 5.41 Å². The molecule has 90 valence electrons. The Morgan fingerprint density at radius 2 is 1.69 bits per heavy atom. The first-order valence-corrected chi connectivity index (χ1v) is 6.54. The minimum Gasteiger partial charge on any atom is -0.373 e. The Morgan fingerprint density at radius 1 is 1.12 bits per heavy atom. The van der Waals surface area contributed by atoms with Gasteiger partial charge in [0, 0.05) is 24.7 Å². The lowest BCUT2D eigenvalue weighted by Crippen LogP contribution is -2.30. The molecule has 0 radical (unpaired) electrons. The average Bonchev–Trinajstić information content (AvgIpc) is 2.66. The molecule has 1 nitrogen and oxygen atoms in total. The highest BCUT2D eigenvalue weighted by molar-refractivity contribution is 5.61. The fourth-order valence-electron chi connectivity index (χ4n) is 2.73. The smallest absolute Gasteiger partial charge is 0.0402 e. The average molecular weight is 219 g/mol. The van der Waals surface area contributed by atoms with Crippen LogP contribution in [0.1, 0.15) is 46.1 Å². The summed E-state index contributed by atoms with van der Waals surface area (Å²) in [6.07, 6.45) is 2.48. The van der Waals surface area contributed by atoms with Crippen molar-refractivity contribution in [2.24, 2.45) is 0 Å². The van der Waals surface area contributed by atoms with E-state index in [1.165, 1.54) is 25.1 Å². The van der Waals surface area contributed by atoms with Gasteiger partial charge in [0.15, 0.2) is 0 Å². The van der Waals surface area contributed by atoms with E-state index in [9.17, 15) is 0 Å². The molecule has 1 aliphatic rings. The number of hydrogen-bond donors (Lipinski definition) is 0. The number of fused-ring (bicyclic) bond motifs is 1. The first kappa shape index (κ1) is 13.1. The van der Waals surface area contributed by atoms with Gasteiger partial charge in [-0.05, 0) is 24.5 Å². The van der Waals surface area contributed by atoms with Gasteiger partial charge in [-0.25, -0.2) is 0 Å². The molecule has 0 aliphatic carbocycles. The first-order chi connectivity index (χ1) is 7.73. The SMILES string of the molecule is CC.CCC1(CC)CN(C)c2ccccc21. The molecule has 1 aromatic rings. The lowest BCUT2D eigenvalue weighted by atomic mass is 9.78. The maximum Gasteiger partial charge on any atom is 0.0402 e. The molecular weight excluding hydrogens is 194 g/mol. The summed E-state index contributed by atoms with van der Waals surface area (Å²) in [5.74, 6) is 0. The standard InChI is InChI=1S/C13H19N.C2H6/c1-4-13(5-2)10-14(3)12-9-7-6-8-11(12)13;1-2/h6-9H,4-5,10H2,1-3H3;1-2H3. The van der Waals surface area contributed by atoms with Crippen LogP contribution in [0, 0.1) is 0 Å². The van der Waals surface area contributed by atoms with E-state index < -0.39 is 0 Å². The van der Waals surface area contributed by atoms with Crippen molar-refractivity contribution in [3.8, 4) is 0 Å². The predicted octanol–water partition coefficient (Wildman–Crippen LogP) is 4.22. The van der Waals surface area contributed by atoms with E-state index in [0.29, 0.717) is 5.41 Å². The number of rotatable bonds is 2. The Kier molecular flexibility index (Phi) is 4.40.